The lowest BCUT2D eigenvalue weighted by atomic mass is 9.94. The summed E-state index contributed by atoms with van der Waals surface area (Å²) in [5.41, 5.74) is 3.09. The average Bonchev–Trinajstić information content (AvgIpc) is 2.30. The fraction of sp³-hybridized carbons (Fsp3) is 0.214. The molecular formula is C14H13N. The minimum absolute atomic E-state index is 0.632. The molecule has 0 aromatic heterocycles. The monoisotopic (exact) mass is 195 g/mol. The number of allylic oxidation sites excluding steroid dienone is 4. The first-order chi connectivity index (χ1) is 7.29. The first-order valence-corrected chi connectivity index (χ1v) is 5.18. The SMILES string of the molecule is CC1C=CC(c2cccc(C#N)c2)=CC1. The molecule has 1 unspecified atom stereocenters. The molecule has 1 aromatic rings. The Morgan fingerprint density at radius 2 is 2.27 bits per heavy atom. The van der Waals surface area contributed by atoms with Gasteiger partial charge in [-0.05, 0) is 35.6 Å². The van der Waals surface area contributed by atoms with E-state index in [9.17, 15) is 0 Å². The second kappa shape index (κ2) is 4.14. The van der Waals surface area contributed by atoms with Crippen molar-refractivity contribution in [3.63, 3.8) is 0 Å². The van der Waals surface area contributed by atoms with Crippen LogP contribution in [0.5, 0.6) is 0 Å². The minimum Gasteiger partial charge on any atom is -0.192 e. The molecule has 0 N–H and O–H groups in total. The van der Waals surface area contributed by atoms with Crippen molar-refractivity contribution in [2.75, 3.05) is 0 Å². The summed E-state index contributed by atoms with van der Waals surface area (Å²) in [6, 6.07) is 9.91. The van der Waals surface area contributed by atoms with Crippen LogP contribution >= 0.6 is 0 Å². The van der Waals surface area contributed by atoms with Gasteiger partial charge in [0.25, 0.3) is 0 Å². The van der Waals surface area contributed by atoms with Crippen LogP contribution in [0.25, 0.3) is 5.57 Å². The summed E-state index contributed by atoms with van der Waals surface area (Å²) in [6.07, 6.45) is 7.68. The Bertz CT molecular complexity index is 460. The lowest BCUT2D eigenvalue weighted by molar-refractivity contribution is 0.739. The fourth-order valence-electron chi connectivity index (χ4n) is 1.71. The van der Waals surface area contributed by atoms with Crippen LogP contribution in [0.4, 0.5) is 0 Å². The first-order valence-electron chi connectivity index (χ1n) is 5.18. The zero-order valence-corrected chi connectivity index (χ0v) is 8.77. The number of nitrogens with zero attached hydrogens (tertiary/aromatic N) is 1. The highest BCUT2D eigenvalue weighted by Gasteiger charge is 2.05. The topological polar surface area (TPSA) is 23.8 Å². The van der Waals surface area contributed by atoms with Crippen molar-refractivity contribution in [3.05, 3.63) is 53.6 Å². The van der Waals surface area contributed by atoms with Gasteiger partial charge in [0.05, 0.1) is 11.6 Å². The maximum absolute atomic E-state index is 8.81. The van der Waals surface area contributed by atoms with E-state index in [2.05, 4.69) is 31.2 Å². The van der Waals surface area contributed by atoms with Gasteiger partial charge in [-0.1, -0.05) is 37.3 Å². The van der Waals surface area contributed by atoms with E-state index in [1.54, 1.807) is 0 Å². The minimum atomic E-state index is 0.632. The van der Waals surface area contributed by atoms with E-state index in [4.69, 9.17) is 5.26 Å². The lowest BCUT2D eigenvalue weighted by Crippen LogP contribution is -1.94. The molecule has 0 heterocycles. The van der Waals surface area contributed by atoms with Crippen LogP contribution in [-0.2, 0) is 0 Å². The number of hydrogen-bond donors (Lipinski definition) is 0. The highest BCUT2D eigenvalue weighted by atomic mass is 14.2. The molecule has 0 aliphatic heterocycles. The Morgan fingerprint density at radius 1 is 1.40 bits per heavy atom. The fourth-order valence-corrected chi connectivity index (χ4v) is 1.71. The standard InChI is InChI=1S/C14H13N/c1-11-5-7-13(8-6-11)14-4-2-3-12(9-14)10-15/h2-5,7-9,11H,6H2,1H3. The zero-order chi connectivity index (χ0) is 10.7. The molecule has 1 heteroatoms. The molecule has 1 aromatic carbocycles. The third-order valence-corrected chi connectivity index (χ3v) is 2.64. The highest BCUT2D eigenvalue weighted by Crippen LogP contribution is 2.24. The molecule has 15 heavy (non-hydrogen) atoms. The van der Waals surface area contributed by atoms with Crippen LogP contribution in [-0.4, -0.2) is 0 Å². The van der Waals surface area contributed by atoms with Crippen molar-refractivity contribution in [3.8, 4) is 6.07 Å². The predicted molar refractivity (Wildman–Crippen MR) is 62.1 cm³/mol. The second-order valence-corrected chi connectivity index (χ2v) is 3.92. The van der Waals surface area contributed by atoms with Gasteiger partial charge in [0, 0.05) is 0 Å². The van der Waals surface area contributed by atoms with E-state index in [1.165, 1.54) is 5.57 Å². The van der Waals surface area contributed by atoms with Crippen molar-refractivity contribution < 1.29 is 0 Å². The third-order valence-electron chi connectivity index (χ3n) is 2.64. The molecule has 0 fully saturated rings. The Balaban J connectivity index is 2.31. The maximum Gasteiger partial charge on any atom is 0.0991 e. The van der Waals surface area contributed by atoms with E-state index in [0.717, 1.165) is 17.5 Å². The Morgan fingerprint density at radius 3 is 2.93 bits per heavy atom. The maximum atomic E-state index is 8.81. The van der Waals surface area contributed by atoms with E-state index in [-0.39, 0.29) is 0 Å². The van der Waals surface area contributed by atoms with Crippen LogP contribution in [0.2, 0.25) is 0 Å². The summed E-state index contributed by atoms with van der Waals surface area (Å²) in [5, 5.41) is 8.81. The number of rotatable bonds is 1. The Hall–Kier alpha value is -1.81. The Labute approximate surface area is 90.4 Å². The summed E-state index contributed by atoms with van der Waals surface area (Å²) in [4.78, 5) is 0. The molecule has 1 atom stereocenters. The van der Waals surface area contributed by atoms with Gasteiger partial charge in [0.15, 0.2) is 0 Å². The zero-order valence-electron chi connectivity index (χ0n) is 8.77. The van der Waals surface area contributed by atoms with Crippen LogP contribution < -0.4 is 0 Å². The summed E-state index contributed by atoms with van der Waals surface area (Å²) in [7, 11) is 0. The van der Waals surface area contributed by atoms with Crippen molar-refractivity contribution in [1.82, 2.24) is 0 Å². The van der Waals surface area contributed by atoms with Crippen LogP contribution in [0, 0.1) is 17.2 Å². The van der Waals surface area contributed by atoms with E-state index >= 15 is 0 Å². The van der Waals surface area contributed by atoms with Crippen molar-refractivity contribution >= 4 is 5.57 Å². The normalized spacial score (nSPS) is 19.5. The first kappa shape index (κ1) is 9.73. The van der Waals surface area contributed by atoms with Crippen molar-refractivity contribution in [2.24, 2.45) is 5.92 Å². The molecule has 1 nitrogen and oxygen atoms in total. The molecule has 1 aliphatic carbocycles. The lowest BCUT2D eigenvalue weighted by Gasteiger charge is -2.11. The molecule has 0 amide bonds. The number of hydrogen-bond acceptors (Lipinski definition) is 1. The van der Waals surface area contributed by atoms with Gasteiger partial charge in [0.2, 0.25) is 0 Å². The Kier molecular flexibility index (Phi) is 2.69. The van der Waals surface area contributed by atoms with Gasteiger partial charge in [0.1, 0.15) is 0 Å². The number of benzene rings is 1. The summed E-state index contributed by atoms with van der Waals surface area (Å²) >= 11 is 0. The summed E-state index contributed by atoms with van der Waals surface area (Å²) in [5.74, 6) is 0.632. The summed E-state index contributed by atoms with van der Waals surface area (Å²) in [6.45, 7) is 2.20. The van der Waals surface area contributed by atoms with Crippen LogP contribution in [0.15, 0.2) is 42.5 Å². The van der Waals surface area contributed by atoms with Gasteiger partial charge in [-0.3, -0.25) is 0 Å². The van der Waals surface area contributed by atoms with Gasteiger partial charge >= 0.3 is 0 Å². The van der Waals surface area contributed by atoms with Gasteiger partial charge in [-0.15, -0.1) is 0 Å². The molecule has 0 saturated carbocycles. The van der Waals surface area contributed by atoms with Crippen molar-refractivity contribution in [1.29, 1.82) is 5.26 Å². The van der Waals surface area contributed by atoms with E-state index in [0.29, 0.717) is 5.92 Å². The predicted octanol–water partition coefficient (Wildman–Crippen LogP) is 3.54. The summed E-state index contributed by atoms with van der Waals surface area (Å²) < 4.78 is 0. The third kappa shape index (κ3) is 2.16. The smallest absolute Gasteiger partial charge is 0.0991 e. The van der Waals surface area contributed by atoms with E-state index < -0.39 is 0 Å². The van der Waals surface area contributed by atoms with Gasteiger partial charge in [-0.2, -0.15) is 5.26 Å². The van der Waals surface area contributed by atoms with Crippen LogP contribution in [0.3, 0.4) is 0 Å². The van der Waals surface area contributed by atoms with Crippen LogP contribution in [0.1, 0.15) is 24.5 Å². The second-order valence-electron chi connectivity index (χ2n) is 3.92. The van der Waals surface area contributed by atoms with E-state index in [1.807, 2.05) is 24.3 Å². The van der Waals surface area contributed by atoms with Gasteiger partial charge < -0.3 is 0 Å². The quantitative estimate of drug-likeness (QED) is 0.672. The molecule has 0 bridgehead atoms. The average molecular weight is 195 g/mol. The van der Waals surface area contributed by atoms with Crippen molar-refractivity contribution in [2.45, 2.75) is 13.3 Å². The molecular weight excluding hydrogens is 182 g/mol. The highest BCUT2D eigenvalue weighted by molar-refractivity contribution is 5.75. The molecule has 0 radical (unpaired) electrons. The molecule has 2 rings (SSSR count). The number of nitriles is 1. The molecule has 0 saturated heterocycles. The van der Waals surface area contributed by atoms with Gasteiger partial charge in [-0.25, -0.2) is 0 Å². The molecule has 1 aliphatic rings. The molecule has 0 spiro atoms. The largest absolute Gasteiger partial charge is 0.192 e. The molecule has 74 valence electrons.